The fourth-order valence-corrected chi connectivity index (χ4v) is 3.38. The van der Waals surface area contributed by atoms with Gasteiger partial charge in [-0.3, -0.25) is 0 Å². The lowest BCUT2D eigenvalue weighted by Gasteiger charge is -2.19. The number of hydrogen-bond acceptors (Lipinski definition) is 4. The van der Waals surface area contributed by atoms with Gasteiger partial charge in [0.2, 0.25) is 5.95 Å². The van der Waals surface area contributed by atoms with E-state index in [1.807, 2.05) is 30.3 Å². The van der Waals surface area contributed by atoms with Crippen molar-refractivity contribution in [2.45, 2.75) is 29.4 Å². The smallest absolute Gasteiger partial charge is 0.314 e. The Labute approximate surface area is 160 Å². The molecule has 3 nitrogen and oxygen atoms in total. The van der Waals surface area contributed by atoms with E-state index in [0.717, 1.165) is 30.1 Å². The maximum Gasteiger partial charge on any atom is 0.420 e. The van der Waals surface area contributed by atoms with Crippen molar-refractivity contribution in [2.75, 3.05) is 11.9 Å². The van der Waals surface area contributed by atoms with Crippen molar-refractivity contribution < 1.29 is 13.2 Å². The van der Waals surface area contributed by atoms with Crippen LogP contribution in [0, 0.1) is 0 Å². The van der Waals surface area contributed by atoms with Crippen molar-refractivity contribution in [2.24, 2.45) is 0 Å². The Balaban J connectivity index is 1.97. The molecule has 7 heteroatoms. The van der Waals surface area contributed by atoms with Gasteiger partial charge in [0.1, 0.15) is 10.6 Å². The first kappa shape index (κ1) is 19.2. The summed E-state index contributed by atoms with van der Waals surface area (Å²) in [5.74, 6) is 0.214. The zero-order chi connectivity index (χ0) is 19.4. The number of benzene rings is 2. The average molecular weight is 389 g/mol. The highest BCUT2D eigenvalue weighted by molar-refractivity contribution is 7.99. The molecule has 0 fully saturated rings. The fourth-order valence-electron chi connectivity index (χ4n) is 2.46. The molecular weight excluding hydrogens is 371 g/mol. The number of anilines is 2. The molecule has 0 atom stereocenters. The van der Waals surface area contributed by atoms with E-state index in [0.29, 0.717) is 4.90 Å². The molecule has 0 radical (unpaired) electrons. The molecule has 0 amide bonds. The molecule has 1 aromatic heterocycles. The molecule has 0 N–H and O–H groups in total. The molecule has 0 saturated carbocycles. The van der Waals surface area contributed by atoms with Crippen LogP contribution in [-0.4, -0.2) is 17.0 Å². The van der Waals surface area contributed by atoms with Crippen LogP contribution in [-0.2, 0) is 12.6 Å². The molecule has 3 aromatic rings. The lowest BCUT2D eigenvalue weighted by molar-refractivity contribution is -0.140. The van der Waals surface area contributed by atoms with E-state index in [9.17, 15) is 13.2 Å². The van der Waals surface area contributed by atoms with Gasteiger partial charge in [-0.1, -0.05) is 49.0 Å². The largest absolute Gasteiger partial charge is 0.420 e. The standard InChI is InChI=1S/C20H18F3N3S/c1-3-14-9-11-15(12-10-14)26(2)19-24-13-17(20(21,22)23)18(25-19)27-16-7-5-4-6-8-16/h4-13H,3H2,1-2H3. The highest BCUT2D eigenvalue weighted by Crippen LogP contribution is 2.39. The van der Waals surface area contributed by atoms with E-state index in [4.69, 9.17) is 0 Å². The number of halogens is 3. The minimum atomic E-state index is -4.52. The van der Waals surface area contributed by atoms with Crippen LogP contribution in [0.4, 0.5) is 24.8 Å². The van der Waals surface area contributed by atoms with Crippen molar-refractivity contribution in [3.63, 3.8) is 0 Å². The summed E-state index contributed by atoms with van der Waals surface area (Å²) < 4.78 is 40.1. The van der Waals surface area contributed by atoms with Crippen molar-refractivity contribution in [1.82, 2.24) is 9.97 Å². The fraction of sp³-hybridized carbons (Fsp3) is 0.200. The monoisotopic (exact) mass is 389 g/mol. The van der Waals surface area contributed by atoms with Gasteiger partial charge in [-0.25, -0.2) is 9.97 Å². The van der Waals surface area contributed by atoms with Gasteiger partial charge in [0, 0.05) is 23.8 Å². The lowest BCUT2D eigenvalue weighted by atomic mass is 10.1. The van der Waals surface area contributed by atoms with E-state index in [2.05, 4.69) is 16.9 Å². The first-order valence-corrected chi connectivity index (χ1v) is 9.20. The van der Waals surface area contributed by atoms with Gasteiger partial charge >= 0.3 is 6.18 Å². The molecule has 0 aliphatic heterocycles. The summed E-state index contributed by atoms with van der Waals surface area (Å²) in [6, 6.07) is 16.6. The molecule has 0 aliphatic carbocycles. The summed E-state index contributed by atoms with van der Waals surface area (Å²) in [4.78, 5) is 10.5. The predicted octanol–water partition coefficient (Wildman–Crippen LogP) is 5.98. The first-order valence-electron chi connectivity index (χ1n) is 8.38. The maximum atomic E-state index is 13.4. The quantitative estimate of drug-likeness (QED) is 0.502. The van der Waals surface area contributed by atoms with Gasteiger partial charge in [0.05, 0.1) is 0 Å². The highest BCUT2D eigenvalue weighted by Gasteiger charge is 2.35. The summed E-state index contributed by atoms with van der Waals surface area (Å²) in [6.45, 7) is 2.06. The second-order valence-corrected chi connectivity index (χ2v) is 6.94. The number of aryl methyl sites for hydroxylation is 1. The number of alkyl halides is 3. The second kappa shape index (κ2) is 8.00. The van der Waals surface area contributed by atoms with Crippen LogP contribution >= 0.6 is 11.8 Å². The summed E-state index contributed by atoms with van der Waals surface area (Å²) >= 11 is 0.976. The number of rotatable bonds is 5. The molecule has 140 valence electrons. The van der Waals surface area contributed by atoms with Crippen LogP contribution in [0.1, 0.15) is 18.1 Å². The molecule has 0 unspecified atom stereocenters. The maximum absolute atomic E-state index is 13.4. The molecule has 3 rings (SSSR count). The van der Waals surface area contributed by atoms with Crippen molar-refractivity contribution in [3.8, 4) is 0 Å². The Kier molecular flexibility index (Phi) is 5.70. The van der Waals surface area contributed by atoms with Crippen LogP contribution in [0.2, 0.25) is 0 Å². The Morgan fingerprint density at radius 3 is 2.26 bits per heavy atom. The third kappa shape index (κ3) is 4.60. The molecule has 2 aromatic carbocycles. The van der Waals surface area contributed by atoms with Crippen LogP contribution < -0.4 is 4.90 Å². The van der Waals surface area contributed by atoms with Crippen molar-refractivity contribution in [1.29, 1.82) is 0 Å². The molecule has 0 aliphatic rings. The Morgan fingerprint density at radius 1 is 1.00 bits per heavy atom. The van der Waals surface area contributed by atoms with E-state index < -0.39 is 11.7 Å². The molecule has 1 heterocycles. The molecule has 27 heavy (non-hydrogen) atoms. The average Bonchev–Trinajstić information content (AvgIpc) is 2.67. The Bertz CT molecular complexity index is 897. The van der Waals surface area contributed by atoms with Crippen LogP contribution in [0.3, 0.4) is 0 Å². The van der Waals surface area contributed by atoms with Crippen molar-refractivity contribution in [3.05, 3.63) is 71.9 Å². The highest BCUT2D eigenvalue weighted by atomic mass is 32.2. The molecule has 0 saturated heterocycles. The van der Waals surface area contributed by atoms with E-state index in [1.54, 1.807) is 36.2 Å². The summed E-state index contributed by atoms with van der Waals surface area (Å²) in [7, 11) is 1.74. The topological polar surface area (TPSA) is 29.0 Å². The molecular formula is C20H18F3N3S. The Hall–Kier alpha value is -2.54. The third-order valence-electron chi connectivity index (χ3n) is 4.04. The van der Waals surface area contributed by atoms with Crippen LogP contribution in [0.15, 0.2) is 70.7 Å². The molecule has 0 spiro atoms. The van der Waals surface area contributed by atoms with E-state index in [1.165, 1.54) is 5.56 Å². The summed E-state index contributed by atoms with van der Waals surface area (Å²) in [5.41, 5.74) is 1.15. The minimum Gasteiger partial charge on any atom is -0.314 e. The van der Waals surface area contributed by atoms with Gasteiger partial charge in [-0.2, -0.15) is 13.2 Å². The van der Waals surface area contributed by atoms with E-state index in [-0.39, 0.29) is 11.0 Å². The van der Waals surface area contributed by atoms with Crippen molar-refractivity contribution >= 4 is 23.4 Å². The zero-order valence-corrected chi connectivity index (χ0v) is 15.7. The lowest BCUT2D eigenvalue weighted by Crippen LogP contribution is -2.16. The first-order chi connectivity index (χ1) is 12.9. The normalized spacial score (nSPS) is 11.4. The van der Waals surface area contributed by atoms with E-state index >= 15 is 0 Å². The van der Waals surface area contributed by atoms with Gasteiger partial charge in [-0.05, 0) is 36.2 Å². The van der Waals surface area contributed by atoms with Gasteiger partial charge < -0.3 is 4.90 Å². The number of hydrogen-bond donors (Lipinski definition) is 0. The van der Waals surface area contributed by atoms with Crippen LogP contribution in [0.5, 0.6) is 0 Å². The van der Waals surface area contributed by atoms with Gasteiger partial charge in [0.15, 0.2) is 0 Å². The minimum absolute atomic E-state index is 0.115. The zero-order valence-electron chi connectivity index (χ0n) is 14.9. The SMILES string of the molecule is CCc1ccc(N(C)c2ncc(C(F)(F)F)c(Sc3ccccc3)n2)cc1. The number of aromatic nitrogens is 2. The second-order valence-electron chi connectivity index (χ2n) is 5.88. The summed E-state index contributed by atoms with van der Waals surface area (Å²) in [6.07, 6.45) is -2.75. The third-order valence-corrected chi connectivity index (χ3v) is 5.05. The molecule has 0 bridgehead atoms. The predicted molar refractivity (Wildman–Crippen MR) is 101 cm³/mol. The number of nitrogens with zero attached hydrogens (tertiary/aromatic N) is 3. The van der Waals surface area contributed by atoms with Crippen LogP contribution in [0.25, 0.3) is 0 Å². The summed E-state index contributed by atoms with van der Waals surface area (Å²) in [5, 5.41) is -0.115. The van der Waals surface area contributed by atoms with Gasteiger partial charge in [0.25, 0.3) is 0 Å². The Morgan fingerprint density at radius 2 is 1.67 bits per heavy atom. The van der Waals surface area contributed by atoms with Gasteiger partial charge in [-0.15, -0.1) is 0 Å².